The van der Waals surface area contributed by atoms with Crippen LogP contribution in [0.2, 0.25) is 0 Å². The first-order valence-corrected chi connectivity index (χ1v) is 24.4. The summed E-state index contributed by atoms with van der Waals surface area (Å²) < 4.78 is 17.6. The Balaban J connectivity index is 0.00000720. The molecule has 6 heterocycles. The molecule has 0 N–H and O–H groups in total. The molecular formula is C55H72MgN4O6-2. The van der Waals surface area contributed by atoms with Crippen LogP contribution >= 0.6 is 0 Å². The van der Waals surface area contributed by atoms with Crippen molar-refractivity contribution >= 4 is 70.7 Å². The van der Waals surface area contributed by atoms with Crippen LogP contribution in [0.25, 0.3) is 40.5 Å². The van der Waals surface area contributed by atoms with E-state index in [0.29, 0.717) is 52.5 Å². The van der Waals surface area contributed by atoms with Crippen molar-refractivity contribution in [3.63, 3.8) is 0 Å². The van der Waals surface area contributed by atoms with Crippen LogP contribution < -0.4 is 9.97 Å². The summed E-state index contributed by atoms with van der Waals surface area (Å²) in [6.07, 6.45) is 22.2. The summed E-state index contributed by atoms with van der Waals surface area (Å²) in [7, 11) is 1.29. The zero-order valence-corrected chi connectivity index (χ0v) is 43.1. The van der Waals surface area contributed by atoms with Crippen molar-refractivity contribution < 1.29 is 28.6 Å². The Morgan fingerprint density at radius 2 is 1.55 bits per heavy atom. The second-order valence-corrected chi connectivity index (χ2v) is 20.3. The number of methoxy groups -OCH3 is 1. The molecule has 0 spiro atoms. The van der Waals surface area contributed by atoms with Gasteiger partial charge in [-0.25, -0.2) is 0 Å². The van der Waals surface area contributed by atoms with E-state index in [0.717, 1.165) is 64.3 Å². The minimum absolute atomic E-state index is 0. The predicted octanol–water partition coefficient (Wildman–Crippen LogP) is 12.6. The van der Waals surface area contributed by atoms with Crippen LogP contribution in [-0.4, -0.2) is 65.7 Å². The van der Waals surface area contributed by atoms with E-state index in [2.05, 4.69) is 62.0 Å². The molecule has 0 saturated carbocycles. The molecule has 11 heteroatoms. The van der Waals surface area contributed by atoms with E-state index in [1.54, 1.807) is 0 Å². The molecular weight excluding hydrogens is 837 g/mol. The third-order valence-corrected chi connectivity index (χ3v) is 15.2. The molecule has 352 valence electrons. The molecule has 3 saturated heterocycles. The van der Waals surface area contributed by atoms with Crippen LogP contribution in [0.4, 0.5) is 0 Å². The average molecular weight is 910 g/mol. The van der Waals surface area contributed by atoms with Crippen LogP contribution in [0, 0.1) is 49.4 Å². The van der Waals surface area contributed by atoms with Gasteiger partial charge in [-0.1, -0.05) is 140 Å². The third kappa shape index (κ3) is 9.91. The minimum atomic E-state index is -1.23. The van der Waals surface area contributed by atoms with Gasteiger partial charge in [0.25, 0.3) is 0 Å². The number of fused-ring (bicyclic) bond motifs is 10. The van der Waals surface area contributed by atoms with Gasteiger partial charge in [0.1, 0.15) is 23.7 Å². The molecule has 0 radical (unpaired) electrons. The molecule has 7 atom stereocenters. The first-order valence-electron chi connectivity index (χ1n) is 24.4. The zero-order chi connectivity index (χ0) is 47.0. The maximum Gasteiger partial charge on any atom is 2.00 e. The summed E-state index contributed by atoms with van der Waals surface area (Å²) in [5.41, 5.74) is 8.53. The standard InChI is InChI=1S/C55H73N4O6.Mg/c1-13-38-35(8)40-28-41-36(9)39(24-25-46(60)64-27-26-34(7)23-17-22-33(6)21-16-20-32(5)19-15-18-31(3)4)50(57-41)48-49(53(62)63-12)52(61)47-37(10)42(58-51(47)48)29-45-55(14-2)54(11,65-55)44(59-45)30-43(38)56-40;/h13,26,28-33,36,39,49H,1,14-25,27H2,2-12H3,(H-,57,58,61);/q-3;+2/p-1/b34-26+,41-28-,44-30-,45-29-;/t32-,33-,36+,39+,49-,54+,55-;/m1./s1. The molecule has 8 bridgehead atoms. The van der Waals surface area contributed by atoms with Crippen molar-refractivity contribution in [2.45, 2.75) is 157 Å². The molecule has 10 nitrogen and oxygen atoms in total. The van der Waals surface area contributed by atoms with Gasteiger partial charge in [-0.15, -0.1) is 34.2 Å². The summed E-state index contributed by atoms with van der Waals surface area (Å²) in [4.78, 5) is 51.7. The molecule has 3 fully saturated rings. The minimum Gasteiger partial charge on any atom is -0.664 e. The quantitative estimate of drug-likeness (QED) is 0.0421. The number of aromatic nitrogens is 2. The number of hydrogen-bond acceptors (Lipinski definition) is 6. The Bertz CT molecular complexity index is 2360. The van der Waals surface area contributed by atoms with Gasteiger partial charge in [-0.05, 0) is 94.6 Å². The van der Waals surface area contributed by atoms with Crippen LogP contribution in [0.15, 0.2) is 41.0 Å². The molecule has 7 rings (SSSR count). The molecule has 4 aliphatic heterocycles. The van der Waals surface area contributed by atoms with Gasteiger partial charge in [0.15, 0.2) is 5.78 Å². The van der Waals surface area contributed by atoms with E-state index in [-0.39, 0.29) is 59.7 Å². The van der Waals surface area contributed by atoms with Crippen LogP contribution in [-0.2, 0) is 23.8 Å². The molecule has 1 aliphatic carbocycles. The van der Waals surface area contributed by atoms with E-state index in [9.17, 15) is 14.4 Å². The fourth-order valence-corrected chi connectivity index (χ4v) is 10.9. The summed E-state index contributed by atoms with van der Waals surface area (Å²) in [5, 5.41) is 10.4. The van der Waals surface area contributed by atoms with Crippen molar-refractivity contribution in [2.75, 3.05) is 13.7 Å². The van der Waals surface area contributed by atoms with Crippen molar-refractivity contribution in [1.82, 2.24) is 9.97 Å². The van der Waals surface area contributed by atoms with Crippen LogP contribution in [0.3, 0.4) is 0 Å². The zero-order valence-electron chi connectivity index (χ0n) is 41.7. The van der Waals surface area contributed by atoms with E-state index in [1.165, 1.54) is 57.6 Å². The topological polar surface area (TPSA) is 139 Å². The third-order valence-electron chi connectivity index (χ3n) is 15.2. The van der Waals surface area contributed by atoms with E-state index in [1.807, 2.05) is 44.2 Å². The largest absolute Gasteiger partial charge is 2.00 e. The first kappa shape index (κ1) is 51.3. The van der Waals surface area contributed by atoms with Crippen LogP contribution in [0.5, 0.6) is 0 Å². The van der Waals surface area contributed by atoms with Crippen molar-refractivity contribution in [3.8, 4) is 0 Å². The van der Waals surface area contributed by atoms with Crippen LogP contribution in [0.1, 0.15) is 182 Å². The monoisotopic (exact) mass is 909 g/mol. The fraction of sp³-hybridized carbons (Fsp3) is 0.582. The number of rotatable bonds is 20. The summed E-state index contributed by atoms with van der Waals surface area (Å²) in [6.45, 7) is 26.0. The Hall–Kier alpha value is -4.06. The number of esters is 2. The Kier molecular flexibility index (Phi) is 16.4. The first-order chi connectivity index (χ1) is 31.0. The second-order valence-electron chi connectivity index (χ2n) is 20.3. The van der Waals surface area contributed by atoms with Gasteiger partial charge < -0.3 is 34.8 Å². The van der Waals surface area contributed by atoms with Gasteiger partial charge in [0.2, 0.25) is 0 Å². The van der Waals surface area contributed by atoms with E-state index in [4.69, 9.17) is 34.8 Å². The fourth-order valence-electron chi connectivity index (χ4n) is 10.9. The van der Waals surface area contributed by atoms with Gasteiger partial charge in [-0.3, -0.25) is 14.4 Å². The summed E-state index contributed by atoms with van der Waals surface area (Å²) in [5.74, 6) is -0.786. The van der Waals surface area contributed by atoms with Crippen molar-refractivity contribution in [3.05, 3.63) is 96.7 Å². The Morgan fingerprint density at radius 1 is 0.894 bits per heavy atom. The molecule has 0 amide bonds. The SMILES string of the molecule is C=Cc1c2[n-]c(c1C)/C=C1\[N-]/C(=C3\c4[n-]c(c(C)c4C(=O)[C@@H]3C(=O)OC)/C=C3\[N-]/C(=C\2)[C@]2(C)O[C@]32CC)[C@@H](CCC(=O)OC/C=C(\C)CCC[C@H](C)CCC[C@H](C)CCCC(C)C)[C@@H]1C.[Mg+2]. The number of nitrogens with zero attached hydrogens (tertiary/aromatic N) is 4. The Morgan fingerprint density at radius 3 is 2.20 bits per heavy atom. The van der Waals surface area contributed by atoms with Gasteiger partial charge in [0.05, 0.1) is 7.11 Å². The number of epoxide rings is 1. The number of morpholine rings is 1. The van der Waals surface area contributed by atoms with Gasteiger partial charge in [0, 0.05) is 12.0 Å². The molecule has 0 unspecified atom stereocenters. The average Bonchev–Trinajstić information content (AvgIpc) is 3.60. The van der Waals surface area contributed by atoms with Gasteiger partial charge in [-0.2, -0.15) is 11.4 Å². The normalized spacial score (nSPS) is 28.2. The molecule has 2 aromatic heterocycles. The number of carbonyl (C=O) groups excluding carboxylic acids is 3. The maximum atomic E-state index is 14.4. The van der Waals surface area contributed by atoms with Crippen molar-refractivity contribution in [2.24, 2.45) is 35.5 Å². The number of allylic oxidation sites excluding steroid dienone is 3. The summed E-state index contributed by atoms with van der Waals surface area (Å²) >= 11 is 0. The maximum absolute atomic E-state index is 14.4. The number of hydrogen-bond donors (Lipinski definition) is 0. The molecule has 0 aromatic carbocycles. The predicted molar refractivity (Wildman–Crippen MR) is 266 cm³/mol. The number of ether oxygens (including phenoxy) is 3. The number of ketones is 1. The number of Topliss-reactive ketones (excluding diaryl/α,β-unsaturated/α-hetero) is 1. The Labute approximate surface area is 410 Å². The molecule has 66 heavy (non-hydrogen) atoms. The van der Waals surface area contributed by atoms with Crippen molar-refractivity contribution in [1.29, 1.82) is 0 Å². The molecule has 2 aromatic rings. The number of carbonyl (C=O) groups is 3. The van der Waals surface area contributed by atoms with E-state index < -0.39 is 23.1 Å². The smallest absolute Gasteiger partial charge is 0.664 e. The molecule has 5 aliphatic rings. The van der Waals surface area contributed by atoms with E-state index >= 15 is 0 Å². The second kappa shape index (κ2) is 21.1. The van der Waals surface area contributed by atoms with Gasteiger partial charge >= 0.3 is 35.0 Å². The summed E-state index contributed by atoms with van der Waals surface area (Å²) in [6, 6.07) is 0.